The molecule has 0 rings (SSSR count). The second-order valence-corrected chi connectivity index (χ2v) is 5.73. The summed E-state index contributed by atoms with van der Waals surface area (Å²) in [4.78, 5) is 34.7. The van der Waals surface area contributed by atoms with E-state index in [-0.39, 0.29) is 31.3 Å². The van der Waals surface area contributed by atoms with Crippen LogP contribution in [-0.4, -0.2) is 35.2 Å². The highest BCUT2D eigenvalue weighted by Crippen LogP contribution is 2.32. The third kappa shape index (κ3) is 6.14. The fourth-order valence-electron chi connectivity index (χ4n) is 2.08. The highest BCUT2D eigenvalue weighted by Gasteiger charge is 2.47. The van der Waals surface area contributed by atoms with Crippen molar-refractivity contribution in [3.05, 3.63) is 0 Å². The van der Waals surface area contributed by atoms with Gasteiger partial charge in [0.2, 0.25) is 5.60 Å². The zero-order valence-electron chi connectivity index (χ0n) is 13.5. The fraction of sp³-hybridized carbons (Fsp3) is 0.800. The maximum atomic E-state index is 12.3. The summed E-state index contributed by atoms with van der Waals surface area (Å²) in [6, 6.07) is 0. The van der Waals surface area contributed by atoms with Gasteiger partial charge in [0.15, 0.2) is 0 Å². The van der Waals surface area contributed by atoms with Gasteiger partial charge in [-0.25, -0.2) is 4.79 Å². The third-order valence-electron chi connectivity index (χ3n) is 3.10. The highest BCUT2D eigenvalue weighted by molar-refractivity contribution is 5.84. The lowest BCUT2D eigenvalue weighted by Gasteiger charge is -2.35. The molecule has 0 aliphatic carbocycles. The molecule has 0 fully saturated rings. The zero-order valence-corrected chi connectivity index (χ0v) is 13.5. The van der Waals surface area contributed by atoms with Crippen molar-refractivity contribution in [2.75, 3.05) is 6.61 Å². The lowest BCUT2D eigenvalue weighted by atomic mass is 9.82. The van der Waals surface area contributed by atoms with E-state index in [1.807, 2.05) is 13.8 Å². The summed E-state index contributed by atoms with van der Waals surface area (Å²) in [6.07, 6.45) is -0.249. The van der Waals surface area contributed by atoms with Gasteiger partial charge in [0.05, 0.1) is 19.4 Å². The van der Waals surface area contributed by atoms with Crippen molar-refractivity contribution in [2.24, 2.45) is 11.8 Å². The third-order valence-corrected chi connectivity index (χ3v) is 3.10. The summed E-state index contributed by atoms with van der Waals surface area (Å²) in [5.41, 5.74) is -1.36. The molecular formula is C15H26O6. The van der Waals surface area contributed by atoms with Crippen LogP contribution in [0.1, 0.15) is 53.9 Å². The molecule has 0 aromatic heterocycles. The van der Waals surface area contributed by atoms with E-state index in [0.29, 0.717) is 6.42 Å². The monoisotopic (exact) mass is 302 g/mol. The summed E-state index contributed by atoms with van der Waals surface area (Å²) in [6.45, 7) is 9.28. The van der Waals surface area contributed by atoms with Gasteiger partial charge in [0.25, 0.3) is 0 Å². The van der Waals surface area contributed by atoms with Gasteiger partial charge >= 0.3 is 17.9 Å². The van der Waals surface area contributed by atoms with Crippen molar-refractivity contribution < 1.29 is 29.0 Å². The van der Waals surface area contributed by atoms with E-state index in [0.717, 1.165) is 0 Å². The van der Waals surface area contributed by atoms with Crippen LogP contribution in [0.25, 0.3) is 0 Å². The number of hydrogen-bond donors (Lipinski definition) is 1. The summed E-state index contributed by atoms with van der Waals surface area (Å²) in [5.74, 6) is -2.50. The predicted molar refractivity (Wildman–Crippen MR) is 76.6 cm³/mol. The average Bonchev–Trinajstić information content (AvgIpc) is 2.34. The van der Waals surface area contributed by atoms with Crippen molar-refractivity contribution in [1.29, 1.82) is 0 Å². The van der Waals surface area contributed by atoms with Crippen molar-refractivity contribution >= 4 is 17.9 Å². The molecule has 0 heterocycles. The zero-order chi connectivity index (χ0) is 16.6. The summed E-state index contributed by atoms with van der Waals surface area (Å²) < 4.78 is 10.5. The number of aliphatic carboxylic acids is 1. The standard InChI is InChI=1S/C15H26O6/c1-6-20-14(19)15(11(4)5,9-10(2)3)21-13(18)8-7-12(16)17/h10-11H,6-9H2,1-5H3,(H,16,17). The Morgan fingerprint density at radius 3 is 2.05 bits per heavy atom. The number of ether oxygens (including phenoxy) is 2. The maximum absolute atomic E-state index is 12.3. The van der Waals surface area contributed by atoms with E-state index < -0.39 is 23.5 Å². The first-order valence-corrected chi connectivity index (χ1v) is 7.26. The normalized spacial score (nSPS) is 13.9. The van der Waals surface area contributed by atoms with Crippen molar-refractivity contribution in [3.8, 4) is 0 Å². The van der Waals surface area contributed by atoms with Gasteiger partial charge in [-0.15, -0.1) is 0 Å². The number of carboxylic acids is 1. The Morgan fingerprint density at radius 2 is 1.67 bits per heavy atom. The van der Waals surface area contributed by atoms with Gasteiger partial charge in [-0.3, -0.25) is 9.59 Å². The van der Waals surface area contributed by atoms with E-state index in [1.165, 1.54) is 0 Å². The molecule has 0 amide bonds. The highest BCUT2D eigenvalue weighted by atomic mass is 16.6. The Labute approximate surface area is 125 Å². The molecule has 0 aromatic rings. The van der Waals surface area contributed by atoms with Gasteiger partial charge < -0.3 is 14.6 Å². The SMILES string of the molecule is CCOC(=O)C(CC(C)C)(OC(=O)CCC(=O)O)C(C)C. The summed E-state index contributed by atoms with van der Waals surface area (Å²) in [7, 11) is 0. The van der Waals surface area contributed by atoms with Crippen LogP contribution in [-0.2, 0) is 23.9 Å². The van der Waals surface area contributed by atoms with Crippen molar-refractivity contribution in [1.82, 2.24) is 0 Å². The Kier molecular flexibility index (Phi) is 7.99. The second-order valence-electron chi connectivity index (χ2n) is 5.73. The first kappa shape index (κ1) is 19.4. The molecule has 1 unspecified atom stereocenters. The van der Waals surface area contributed by atoms with Crippen molar-refractivity contribution in [3.63, 3.8) is 0 Å². The Hall–Kier alpha value is -1.59. The Balaban J connectivity index is 5.21. The topological polar surface area (TPSA) is 89.9 Å². The van der Waals surface area contributed by atoms with Crippen LogP contribution in [0.5, 0.6) is 0 Å². The average molecular weight is 302 g/mol. The van der Waals surface area contributed by atoms with Crippen LogP contribution < -0.4 is 0 Å². The van der Waals surface area contributed by atoms with Gasteiger partial charge in [0, 0.05) is 12.3 Å². The van der Waals surface area contributed by atoms with E-state index >= 15 is 0 Å². The van der Waals surface area contributed by atoms with Gasteiger partial charge in [-0.1, -0.05) is 27.7 Å². The predicted octanol–water partition coefficient (Wildman–Crippen LogP) is 2.40. The number of esters is 2. The number of carboxylic acid groups (broad SMARTS) is 1. The van der Waals surface area contributed by atoms with E-state index in [1.54, 1.807) is 20.8 Å². The van der Waals surface area contributed by atoms with Crippen LogP contribution in [0.2, 0.25) is 0 Å². The lowest BCUT2D eigenvalue weighted by Crippen LogP contribution is -2.50. The van der Waals surface area contributed by atoms with Crippen LogP contribution in [0, 0.1) is 11.8 Å². The van der Waals surface area contributed by atoms with Crippen molar-refractivity contribution in [2.45, 2.75) is 59.5 Å². The number of rotatable bonds is 9. The minimum Gasteiger partial charge on any atom is -0.481 e. The number of carbonyl (C=O) groups excluding carboxylic acids is 2. The van der Waals surface area contributed by atoms with Crippen LogP contribution in [0.15, 0.2) is 0 Å². The molecule has 0 saturated heterocycles. The van der Waals surface area contributed by atoms with Crippen LogP contribution >= 0.6 is 0 Å². The quantitative estimate of drug-likeness (QED) is 0.658. The molecule has 0 bridgehead atoms. The molecule has 21 heavy (non-hydrogen) atoms. The second kappa shape index (κ2) is 8.64. The van der Waals surface area contributed by atoms with E-state index in [9.17, 15) is 14.4 Å². The van der Waals surface area contributed by atoms with Gasteiger partial charge in [-0.2, -0.15) is 0 Å². The Morgan fingerprint density at radius 1 is 1.10 bits per heavy atom. The number of carbonyl (C=O) groups is 3. The molecule has 0 radical (unpaired) electrons. The lowest BCUT2D eigenvalue weighted by molar-refractivity contribution is -0.191. The number of hydrogen-bond acceptors (Lipinski definition) is 5. The Bertz CT molecular complexity index is 374. The van der Waals surface area contributed by atoms with E-state index in [2.05, 4.69) is 0 Å². The molecular weight excluding hydrogens is 276 g/mol. The first-order chi connectivity index (χ1) is 9.65. The smallest absolute Gasteiger partial charge is 0.350 e. The fourth-order valence-corrected chi connectivity index (χ4v) is 2.08. The summed E-state index contributed by atoms with van der Waals surface area (Å²) in [5, 5.41) is 8.61. The van der Waals surface area contributed by atoms with Gasteiger partial charge in [-0.05, 0) is 12.8 Å². The minimum atomic E-state index is -1.36. The molecule has 6 heteroatoms. The molecule has 0 aliphatic rings. The largest absolute Gasteiger partial charge is 0.481 e. The first-order valence-electron chi connectivity index (χ1n) is 7.26. The van der Waals surface area contributed by atoms with Crippen LogP contribution in [0.3, 0.4) is 0 Å². The molecule has 0 saturated carbocycles. The molecule has 122 valence electrons. The molecule has 1 atom stereocenters. The van der Waals surface area contributed by atoms with E-state index in [4.69, 9.17) is 14.6 Å². The minimum absolute atomic E-state index is 0.115. The van der Waals surface area contributed by atoms with Crippen LogP contribution in [0.4, 0.5) is 0 Å². The molecule has 6 nitrogen and oxygen atoms in total. The molecule has 0 aliphatic heterocycles. The molecule has 0 aromatic carbocycles. The molecule has 0 spiro atoms. The molecule has 1 N–H and O–H groups in total. The summed E-state index contributed by atoms with van der Waals surface area (Å²) >= 11 is 0. The van der Waals surface area contributed by atoms with Gasteiger partial charge in [0.1, 0.15) is 0 Å². The maximum Gasteiger partial charge on any atom is 0.350 e.